The maximum absolute atomic E-state index is 2.36. The third kappa shape index (κ3) is 6.43. The van der Waals surface area contributed by atoms with Gasteiger partial charge in [-0.25, -0.2) is 0 Å². The summed E-state index contributed by atoms with van der Waals surface area (Å²) in [5.41, 5.74) is 15.3. The largest absolute Gasteiger partial charge is 0.310 e. The summed E-state index contributed by atoms with van der Waals surface area (Å²) in [5, 5.41) is 0. The van der Waals surface area contributed by atoms with Crippen LogP contribution in [0.3, 0.4) is 0 Å². The number of hydrogen-bond acceptors (Lipinski definition) is 1. The molecule has 1 heteroatoms. The molecular weight excluding hydrogens is 591 g/mol. The first kappa shape index (κ1) is 29.9. The standard InChI is InChI=1S/C48H35N/c1-5-13-36(14-6-1)39-21-23-43(24-22-39)47-34-33-46(35-48(47)42-19-11-4-12-20-42)49(44-29-25-40(26-30-44)37-15-7-2-8-16-37)45-31-27-41(28-32-45)38-17-9-3-10-18-38/h1-35H. The van der Waals surface area contributed by atoms with Crippen LogP contribution in [0, 0.1) is 0 Å². The second-order valence-electron chi connectivity index (χ2n) is 12.2. The van der Waals surface area contributed by atoms with Crippen molar-refractivity contribution in [2.75, 3.05) is 4.90 Å². The Labute approximate surface area is 289 Å². The smallest absolute Gasteiger partial charge is 0.0468 e. The molecule has 1 nitrogen and oxygen atoms in total. The molecule has 0 fully saturated rings. The fourth-order valence-electron chi connectivity index (χ4n) is 6.57. The average molecular weight is 626 g/mol. The number of nitrogens with zero attached hydrogens (tertiary/aromatic N) is 1. The second kappa shape index (κ2) is 13.7. The molecule has 0 spiro atoms. The lowest BCUT2D eigenvalue weighted by Crippen LogP contribution is -2.10. The molecule has 0 bridgehead atoms. The highest BCUT2D eigenvalue weighted by Gasteiger charge is 2.17. The molecule has 0 atom stereocenters. The zero-order chi connectivity index (χ0) is 32.8. The van der Waals surface area contributed by atoms with E-state index >= 15 is 0 Å². The molecule has 8 aromatic carbocycles. The molecule has 8 rings (SSSR count). The highest BCUT2D eigenvalue weighted by molar-refractivity contribution is 5.89. The summed E-state index contributed by atoms with van der Waals surface area (Å²) in [4.78, 5) is 2.36. The Morgan fingerprint density at radius 3 is 0.898 bits per heavy atom. The quantitative estimate of drug-likeness (QED) is 0.162. The summed E-state index contributed by atoms with van der Waals surface area (Å²) in [7, 11) is 0. The first-order valence-corrected chi connectivity index (χ1v) is 16.8. The molecule has 8 aromatic rings. The van der Waals surface area contributed by atoms with Crippen LogP contribution in [0.2, 0.25) is 0 Å². The summed E-state index contributed by atoms with van der Waals surface area (Å²) >= 11 is 0. The minimum absolute atomic E-state index is 1.10. The van der Waals surface area contributed by atoms with Crippen molar-refractivity contribution >= 4 is 17.1 Å². The van der Waals surface area contributed by atoms with Gasteiger partial charge in [0.05, 0.1) is 0 Å². The van der Waals surface area contributed by atoms with Gasteiger partial charge in [-0.1, -0.05) is 176 Å². The van der Waals surface area contributed by atoms with Crippen LogP contribution in [-0.2, 0) is 0 Å². The van der Waals surface area contributed by atoms with Gasteiger partial charge in [-0.05, 0) is 92.0 Å². The van der Waals surface area contributed by atoms with Crippen molar-refractivity contribution in [3.63, 3.8) is 0 Å². The van der Waals surface area contributed by atoms with Crippen molar-refractivity contribution in [1.82, 2.24) is 0 Å². The maximum atomic E-state index is 2.36. The number of benzene rings is 8. The van der Waals surface area contributed by atoms with E-state index in [0.717, 1.165) is 17.1 Å². The van der Waals surface area contributed by atoms with Gasteiger partial charge in [0, 0.05) is 17.1 Å². The van der Waals surface area contributed by atoms with Gasteiger partial charge in [-0.2, -0.15) is 0 Å². The Morgan fingerprint density at radius 1 is 0.204 bits per heavy atom. The van der Waals surface area contributed by atoms with Gasteiger partial charge < -0.3 is 4.90 Å². The van der Waals surface area contributed by atoms with Gasteiger partial charge in [-0.15, -0.1) is 0 Å². The van der Waals surface area contributed by atoms with E-state index in [0.29, 0.717) is 0 Å². The molecule has 0 aliphatic carbocycles. The number of anilines is 3. The van der Waals surface area contributed by atoms with Crippen molar-refractivity contribution in [2.45, 2.75) is 0 Å². The van der Waals surface area contributed by atoms with E-state index in [4.69, 9.17) is 0 Å². The van der Waals surface area contributed by atoms with E-state index in [1.54, 1.807) is 0 Å². The number of rotatable bonds is 8. The molecule has 0 radical (unpaired) electrons. The molecule has 49 heavy (non-hydrogen) atoms. The van der Waals surface area contributed by atoms with Crippen molar-refractivity contribution in [1.29, 1.82) is 0 Å². The Bertz CT molecular complexity index is 2180. The van der Waals surface area contributed by atoms with Crippen LogP contribution in [0.5, 0.6) is 0 Å². The monoisotopic (exact) mass is 625 g/mol. The lowest BCUT2D eigenvalue weighted by Gasteiger charge is -2.27. The van der Waals surface area contributed by atoms with E-state index < -0.39 is 0 Å². The van der Waals surface area contributed by atoms with Gasteiger partial charge in [0.15, 0.2) is 0 Å². The predicted octanol–water partition coefficient (Wildman–Crippen LogP) is 13.5. The predicted molar refractivity (Wildman–Crippen MR) is 208 cm³/mol. The Balaban J connectivity index is 1.24. The highest BCUT2D eigenvalue weighted by atomic mass is 15.1. The second-order valence-corrected chi connectivity index (χ2v) is 12.2. The minimum atomic E-state index is 1.10. The van der Waals surface area contributed by atoms with Crippen LogP contribution < -0.4 is 4.90 Å². The van der Waals surface area contributed by atoms with E-state index in [2.05, 4.69) is 217 Å². The Kier molecular flexibility index (Phi) is 8.39. The molecular formula is C48H35N. The van der Waals surface area contributed by atoms with Crippen molar-refractivity contribution in [2.24, 2.45) is 0 Å². The molecule has 0 aliphatic rings. The van der Waals surface area contributed by atoms with Gasteiger partial charge in [0.25, 0.3) is 0 Å². The molecule has 0 N–H and O–H groups in total. The third-order valence-electron chi connectivity index (χ3n) is 9.11. The topological polar surface area (TPSA) is 3.24 Å². The van der Waals surface area contributed by atoms with E-state index in [1.807, 2.05) is 0 Å². The van der Waals surface area contributed by atoms with Crippen molar-refractivity contribution < 1.29 is 0 Å². The molecule has 0 aliphatic heterocycles. The molecule has 0 heterocycles. The molecule has 232 valence electrons. The molecule has 0 aromatic heterocycles. The Morgan fingerprint density at radius 2 is 0.490 bits per heavy atom. The van der Waals surface area contributed by atoms with Crippen LogP contribution in [0.1, 0.15) is 0 Å². The summed E-state index contributed by atoms with van der Waals surface area (Å²) in [6.45, 7) is 0. The fourth-order valence-corrected chi connectivity index (χ4v) is 6.57. The molecule has 0 saturated carbocycles. The van der Waals surface area contributed by atoms with Crippen LogP contribution >= 0.6 is 0 Å². The van der Waals surface area contributed by atoms with Gasteiger partial charge in [0.1, 0.15) is 0 Å². The molecule has 0 amide bonds. The van der Waals surface area contributed by atoms with E-state index in [-0.39, 0.29) is 0 Å². The first-order chi connectivity index (χ1) is 24.3. The first-order valence-electron chi connectivity index (χ1n) is 16.8. The van der Waals surface area contributed by atoms with Crippen LogP contribution in [0.15, 0.2) is 212 Å². The van der Waals surface area contributed by atoms with Gasteiger partial charge in [-0.3, -0.25) is 0 Å². The Hall–Kier alpha value is -6.44. The van der Waals surface area contributed by atoms with Crippen LogP contribution in [0.25, 0.3) is 55.6 Å². The fraction of sp³-hybridized carbons (Fsp3) is 0. The van der Waals surface area contributed by atoms with Crippen LogP contribution in [-0.4, -0.2) is 0 Å². The van der Waals surface area contributed by atoms with Crippen molar-refractivity contribution in [3.05, 3.63) is 212 Å². The van der Waals surface area contributed by atoms with E-state index in [9.17, 15) is 0 Å². The van der Waals surface area contributed by atoms with E-state index in [1.165, 1.54) is 55.6 Å². The zero-order valence-corrected chi connectivity index (χ0v) is 27.2. The highest BCUT2D eigenvalue weighted by Crippen LogP contribution is 2.42. The van der Waals surface area contributed by atoms with Crippen molar-refractivity contribution in [3.8, 4) is 55.6 Å². The summed E-state index contributed by atoms with van der Waals surface area (Å²) in [6.07, 6.45) is 0. The maximum Gasteiger partial charge on any atom is 0.0468 e. The molecule has 0 unspecified atom stereocenters. The van der Waals surface area contributed by atoms with Gasteiger partial charge >= 0.3 is 0 Å². The molecule has 0 saturated heterocycles. The normalized spacial score (nSPS) is 10.9. The number of hydrogen-bond donors (Lipinski definition) is 0. The zero-order valence-electron chi connectivity index (χ0n) is 27.2. The minimum Gasteiger partial charge on any atom is -0.310 e. The van der Waals surface area contributed by atoms with Crippen LogP contribution in [0.4, 0.5) is 17.1 Å². The lowest BCUT2D eigenvalue weighted by atomic mass is 9.92. The summed E-state index contributed by atoms with van der Waals surface area (Å²) in [6, 6.07) is 76.0. The van der Waals surface area contributed by atoms with Gasteiger partial charge in [0.2, 0.25) is 0 Å². The summed E-state index contributed by atoms with van der Waals surface area (Å²) in [5.74, 6) is 0. The third-order valence-corrected chi connectivity index (χ3v) is 9.11. The SMILES string of the molecule is c1ccc(-c2ccc(-c3ccc(N(c4ccc(-c5ccccc5)cc4)c4ccc(-c5ccccc5)cc4)cc3-c3ccccc3)cc2)cc1. The summed E-state index contributed by atoms with van der Waals surface area (Å²) < 4.78 is 0. The average Bonchev–Trinajstić information content (AvgIpc) is 3.20. The lowest BCUT2D eigenvalue weighted by molar-refractivity contribution is 1.28.